The van der Waals surface area contributed by atoms with Crippen LogP contribution in [0.3, 0.4) is 0 Å². The first-order chi connectivity index (χ1) is 8.94. The average Bonchev–Trinajstić information content (AvgIpc) is 3.04. The monoisotopic (exact) mass is 282 g/mol. The van der Waals surface area contributed by atoms with Crippen molar-refractivity contribution >= 4 is 11.3 Å². The minimum atomic E-state index is -0.293. The van der Waals surface area contributed by atoms with Gasteiger partial charge >= 0.3 is 0 Å². The Bertz CT molecular complexity index is 368. The highest BCUT2D eigenvalue weighted by Crippen LogP contribution is 2.28. The Balaban J connectivity index is 1.79. The van der Waals surface area contributed by atoms with Crippen LogP contribution in [0, 0.1) is 0 Å². The first kappa shape index (κ1) is 15.0. The SMILES string of the molecule is CC(C)(C)NCC(O)CN(Cc1ccsc1)C1CC1. The van der Waals surface area contributed by atoms with E-state index in [2.05, 4.69) is 47.8 Å². The number of hydrogen-bond acceptors (Lipinski definition) is 4. The second-order valence-corrected chi connectivity index (χ2v) is 7.36. The fourth-order valence-corrected chi connectivity index (χ4v) is 2.82. The predicted molar refractivity (Wildman–Crippen MR) is 81.5 cm³/mol. The third-order valence-corrected chi connectivity index (χ3v) is 4.07. The van der Waals surface area contributed by atoms with Crippen molar-refractivity contribution < 1.29 is 5.11 Å². The maximum atomic E-state index is 10.2. The summed E-state index contributed by atoms with van der Waals surface area (Å²) in [6.45, 7) is 8.79. The van der Waals surface area contributed by atoms with Crippen LogP contribution in [0.25, 0.3) is 0 Å². The van der Waals surface area contributed by atoms with E-state index in [1.165, 1.54) is 18.4 Å². The van der Waals surface area contributed by atoms with Crippen molar-refractivity contribution in [2.24, 2.45) is 0 Å². The summed E-state index contributed by atoms with van der Waals surface area (Å²) < 4.78 is 0. The van der Waals surface area contributed by atoms with Crippen LogP contribution >= 0.6 is 11.3 Å². The van der Waals surface area contributed by atoms with Crippen molar-refractivity contribution in [3.8, 4) is 0 Å². The smallest absolute Gasteiger partial charge is 0.0791 e. The lowest BCUT2D eigenvalue weighted by Crippen LogP contribution is -2.45. The van der Waals surface area contributed by atoms with E-state index in [0.29, 0.717) is 12.6 Å². The van der Waals surface area contributed by atoms with Gasteiger partial charge in [0.25, 0.3) is 0 Å². The van der Waals surface area contributed by atoms with Crippen molar-refractivity contribution in [2.45, 2.75) is 57.8 Å². The molecule has 1 fully saturated rings. The molecular formula is C15H26N2OS. The summed E-state index contributed by atoms with van der Waals surface area (Å²) in [5.41, 5.74) is 1.44. The van der Waals surface area contributed by atoms with Crippen molar-refractivity contribution in [1.29, 1.82) is 0 Å². The van der Waals surface area contributed by atoms with Gasteiger partial charge in [0.1, 0.15) is 0 Å². The Morgan fingerprint density at radius 3 is 2.74 bits per heavy atom. The highest BCUT2D eigenvalue weighted by molar-refractivity contribution is 7.07. The molecule has 2 rings (SSSR count). The zero-order valence-corrected chi connectivity index (χ0v) is 13.0. The Morgan fingerprint density at radius 2 is 2.21 bits per heavy atom. The lowest BCUT2D eigenvalue weighted by molar-refractivity contribution is 0.0974. The van der Waals surface area contributed by atoms with Gasteiger partial charge in [-0.05, 0) is 56.0 Å². The van der Waals surface area contributed by atoms with Gasteiger partial charge in [-0.1, -0.05) is 0 Å². The van der Waals surface area contributed by atoms with Crippen molar-refractivity contribution in [1.82, 2.24) is 10.2 Å². The molecule has 1 heterocycles. The zero-order valence-electron chi connectivity index (χ0n) is 12.2. The molecule has 0 aromatic carbocycles. The topological polar surface area (TPSA) is 35.5 Å². The van der Waals surface area contributed by atoms with E-state index < -0.39 is 0 Å². The van der Waals surface area contributed by atoms with Crippen LogP contribution in [-0.2, 0) is 6.54 Å². The van der Waals surface area contributed by atoms with E-state index >= 15 is 0 Å². The van der Waals surface area contributed by atoms with Crippen molar-refractivity contribution in [2.75, 3.05) is 13.1 Å². The fourth-order valence-electron chi connectivity index (χ4n) is 2.16. The number of β-amino-alcohol motifs (C(OH)–C–C–N with tert-alkyl or cyclic N) is 1. The first-order valence-electron chi connectivity index (χ1n) is 7.12. The first-order valence-corrected chi connectivity index (χ1v) is 8.06. The van der Waals surface area contributed by atoms with Gasteiger partial charge in [0, 0.05) is 31.2 Å². The Kier molecular flexibility index (Phi) is 5.01. The molecule has 1 aliphatic carbocycles. The summed E-state index contributed by atoms with van der Waals surface area (Å²) >= 11 is 1.74. The Labute approximate surface area is 120 Å². The van der Waals surface area contributed by atoms with Crippen LogP contribution in [0.1, 0.15) is 39.2 Å². The molecule has 1 atom stereocenters. The van der Waals surface area contributed by atoms with E-state index in [9.17, 15) is 5.11 Å². The summed E-state index contributed by atoms with van der Waals surface area (Å²) in [5.74, 6) is 0. The van der Waals surface area contributed by atoms with Crippen LogP contribution in [0.2, 0.25) is 0 Å². The van der Waals surface area contributed by atoms with Gasteiger partial charge < -0.3 is 10.4 Å². The quantitative estimate of drug-likeness (QED) is 0.806. The maximum absolute atomic E-state index is 10.2. The third kappa shape index (κ3) is 5.61. The molecule has 0 aliphatic heterocycles. The number of thiophene rings is 1. The molecule has 1 aromatic rings. The van der Waals surface area contributed by atoms with Gasteiger partial charge in [-0.25, -0.2) is 0 Å². The molecule has 0 bridgehead atoms. The van der Waals surface area contributed by atoms with E-state index in [1.807, 2.05) is 0 Å². The molecule has 0 radical (unpaired) electrons. The van der Waals surface area contributed by atoms with E-state index in [0.717, 1.165) is 13.1 Å². The third-order valence-electron chi connectivity index (χ3n) is 3.34. The van der Waals surface area contributed by atoms with Gasteiger partial charge in [-0.15, -0.1) is 0 Å². The second-order valence-electron chi connectivity index (χ2n) is 6.58. The van der Waals surface area contributed by atoms with Crippen LogP contribution in [0.5, 0.6) is 0 Å². The summed E-state index contributed by atoms with van der Waals surface area (Å²) in [7, 11) is 0. The van der Waals surface area contributed by atoms with E-state index in [-0.39, 0.29) is 11.6 Å². The van der Waals surface area contributed by atoms with Crippen LogP contribution in [0.4, 0.5) is 0 Å². The zero-order chi connectivity index (χ0) is 13.9. The fraction of sp³-hybridized carbons (Fsp3) is 0.733. The number of nitrogens with zero attached hydrogens (tertiary/aromatic N) is 1. The number of nitrogens with one attached hydrogen (secondary N) is 1. The van der Waals surface area contributed by atoms with E-state index in [1.54, 1.807) is 11.3 Å². The number of hydrogen-bond donors (Lipinski definition) is 2. The number of aliphatic hydroxyl groups is 1. The second kappa shape index (κ2) is 6.35. The summed E-state index contributed by atoms with van der Waals surface area (Å²) in [5, 5.41) is 17.9. The van der Waals surface area contributed by atoms with Crippen molar-refractivity contribution in [3.63, 3.8) is 0 Å². The summed E-state index contributed by atoms with van der Waals surface area (Å²) in [6.07, 6.45) is 2.27. The molecule has 19 heavy (non-hydrogen) atoms. The van der Waals surface area contributed by atoms with E-state index in [4.69, 9.17) is 0 Å². The molecule has 1 aromatic heterocycles. The minimum Gasteiger partial charge on any atom is -0.390 e. The Morgan fingerprint density at radius 1 is 1.47 bits per heavy atom. The predicted octanol–water partition coefficient (Wildman–Crippen LogP) is 2.46. The van der Waals surface area contributed by atoms with Crippen LogP contribution < -0.4 is 5.32 Å². The molecule has 1 saturated carbocycles. The lowest BCUT2D eigenvalue weighted by Gasteiger charge is -2.27. The number of aliphatic hydroxyl groups excluding tert-OH is 1. The molecule has 2 N–H and O–H groups in total. The molecule has 1 unspecified atom stereocenters. The molecule has 1 aliphatic rings. The molecule has 4 heteroatoms. The molecule has 3 nitrogen and oxygen atoms in total. The molecule has 108 valence electrons. The van der Waals surface area contributed by atoms with Gasteiger partial charge in [-0.3, -0.25) is 4.90 Å². The normalized spacial score (nSPS) is 17.9. The summed E-state index contributed by atoms with van der Waals surface area (Å²) in [6, 6.07) is 2.86. The highest BCUT2D eigenvalue weighted by atomic mass is 32.1. The lowest BCUT2D eigenvalue weighted by atomic mass is 10.1. The van der Waals surface area contributed by atoms with Gasteiger partial charge in [0.2, 0.25) is 0 Å². The minimum absolute atomic E-state index is 0.0682. The number of rotatable bonds is 7. The van der Waals surface area contributed by atoms with Crippen LogP contribution in [0.15, 0.2) is 16.8 Å². The standard InChI is InChI=1S/C15H26N2OS/c1-15(2,3)16-8-14(18)10-17(13-4-5-13)9-12-6-7-19-11-12/h6-7,11,13-14,16,18H,4-5,8-10H2,1-3H3. The largest absolute Gasteiger partial charge is 0.390 e. The highest BCUT2D eigenvalue weighted by Gasteiger charge is 2.30. The van der Waals surface area contributed by atoms with Gasteiger partial charge in [-0.2, -0.15) is 11.3 Å². The molecular weight excluding hydrogens is 256 g/mol. The Hall–Kier alpha value is -0.420. The molecule has 0 spiro atoms. The van der Waals surface area contributed by atoms with Crippen LogP contribution in [-0.4, -0.2) is 40.8 Å². The van der Waals surface area contributed by atoms with Crippen molar-refractivity contribution in [3.05, 3.63) is 22.4 Å². The molecule has 0 amide bonds. The summed E-state index contributed by atoms with van der Waals surface area (Å²) in [4.78, 5) is 2.43. The maximum Gasteiger partial charge on any atom is 0.0791 e. The molecule has 0 saturated heterocycles. The van der Waals surface area contributed by atoms with Gasteiger partial charge in [0.05, 0.1) is 6.10 Å². The average molecular weight is 282 g/mol. The van der Waals surface area contributed by atoms with Gasteiger partial charge in [0.15, 0.2) is 0 Å².